The highest BCUT2D eigenvalue weighted by atomic mass is 32.1. The first-order valence-corrected chi connectivity index (χ1v) is 5.14. The molecular formula is C11H10NOS. The molecule has 1 radical (unpaired) electrons. The van der Waals surface area contributed by atoms with Gasteiger partial charge in [-0.1, -0.05) is 23.5 Å². The molecule has 1 aromatic carbocycles. The van der Waals surface area contributed by atoms with Crippen molar-refractivity contribution in [1.82, 2.24) is 4.98 Å². The van der Waals surface area contributed by atoms with E-state index >= 15 is 0 Å². The van der Waals surface area contributed by atoms with E-state index in [4.69, 9.17) is 4.74 Å². The first kappa shape index (κ1) is 9.21. The summed E-state index contributed by atoms with van der Waals surface area (Å²) < 4.78 is 5.61. The van der Waals surface area contributed by atoms with Crippen molar-refractivity contribution in [2.75, 3.05) is 0 Å². The Hall–Kier alpha value is -1.35. The van der Waals surface area contributed by atoms with Gasteiger partial charge in [0.15, 0.2) is 0 Å². The molecule has 0 atom stereocenters. The summed E-state index contributed by atoms with van der Waals surface area (Å²) >= 11 is 1.37. The first-order valence-electron chi connectivity index (χ1n) is 4.33. The Morgan fingerprint density at radius 3 is 2.93 bits per heavy atom. The van der Waals surface area contributed by atoms with Gasteiger partial charge in [-0.25, -0.2) is 4.98 Å². The van der Waals surface area contributed by atoms with E-state index in [9.17, 15) is 0 Å². The standard InChI is InChI=1S/C11H10NOS/c1-8-3-4-9(2)10(7-8)13-11-12-5-6-14-11/h3-5,7H,1-2H3. The van der Waals surface area contributed by atoms with Gasteiger partial charge in [0.2, 0.25) is 0 Å². The van der Waals surface area contributed by atoms with Crippen LogP contribution in [0.3, 0.4) is 0 Å². The van der Waals surface area contributed by atoms with Crippen molar-refractivity contribution in [3.63, 3.8) is 0 Å². The molecule has 0 aliphatic carbocycles. The smallest absolute Gasteiger partial charge is 0.279 e. The van der Waals surface area contributed by atoms with Crippen LogP contribution in [0.1, 0.15) is 11.1 Å². The molecular weight excluding hydrogens is 194 g/mol. The van der Waals surface area contributed by atoms with E-state index in [0.29, 0.717) is 5.19 Å². The Morgan fingerprint density at radius 1 is 1.36 bits per heavy atom. The van der Waals surface area contributed by atoms with Crippen LogP contribution in [-0.4, -0.2) is 4.98 Å². The highest BCUT2D eigenvalue weighted by Crippen LogP contribution is 2.26. The summed E-state index contributed by atoms with van der Waals surface area (Å²) in [5.74, 6) is 0.869. The number of thiazole rings is 1. The average molecular weight is 204 g/mol. The lowest BCUT2D eigenvalue weighted by atomic mass is 10.1. The minimum Gasteiger partial charge on any atom is -0.431 e. The molecule has 3 heteroatoms. The van der Waals surface area contributed by atoms with Gasteiger partial charge < -0.3 is 4.74 Å². The lowest BCUT2D eigenvalue weighted by Gasteiger charge is -2.05. The molecule has 0 aliphatic rings. The summed E-state index contributed by atoms with van der Waals surface area (Å²) in [5.41, 5.74) is 2.30. The summed E-state index contributed by atoms with van der Waals surface area (Å²) in [6, 6.07) is 6.12. The van der Waals surface area contributed by atoms with Crippen LogP contribution in [0, 0.1) is 19.2 Å². The fourth-order valence-corrected chi connectivity index (χ4v) is 1.58. The number of aromatic nitrogens is 1. The van der Waals surface area contributed by atoms with Crippen molar-refractivity contribution in [2.24, 2.45) is 0 Å². The molecule has 14 heavy (non-hydrogen) atoms. The zero-order valence-electron chi connectivity index (χ0n) is 8.07. The van der Waals surface area contributed by atoms with Crippen molar-refractivity contribution in [1.29, 1.82) is 0 Å². The van der Waals surface area contributed by atoms with Crippen molar-refractivity contribution < 1.29 is 4.74 Å². The molecule has 0 unspecified atom stereocenters. The SMILES string of the molecule is Cc1ccc(C)c(Oc2nc[c]s2)c1. The molecule has 1 heterocycles. The normalized spacial score (nSPS) is 10.1. The van der Waals surface area contributed by atoms with E-state index in [0.717, 1.165) is 11.3 Å². The van der Waals surface area contributed by atoms with Gasteiger partial charge in [-0.3, -0.25) is 0 Å². The Balaban J connectivity index is 2.28. The molecule has 0 saturated carbocycles. The largest absolute Gasteiger partial charge is 0.431 e. The summed E-state index contributed by atoms with van der Waals surface area (Å²) in [6.07, 6.45) is 1.62. The van der Waals surface area contributed by atoms with Crippen LogP contribution in [0.15, 0.2) is 24.4 Å². The van der Waals surface area contributed by atoms with Gasteiger partial charge in [0, 0.05) is 0 Å². The number of hydrogen-bond donors (Lipinski definition) is 0. The highest BCUT2D eigenvalue weighted by Gasteiger charge is 2.02. The zero-order chi connectivity index (χ0) is 9.97. The number of benzene rings is 1. The number of rotatable bonds is 2. The molecule has 2 aromatic rings. The fraction of sp³-hybridized carbons (Fsp3) is 0.182. The van der Waals surface area contributed by atoms with E-state index in [1.54, 1.807) is 6.20 Å². The van der Waals surface area contributed by atoms with Crippen LogP contribution >= 0.6 is 11.3 Å². The lowest BCUT2D eigenvalue weighted by molar-refractivity contribution is 0.475. The Labute approximate surface area is 87.2 Å². The summed E-state index contributed by atoms with van der Waals surface area (Å²) in [5, 5.41) is 3.53. The fourth-order valence-electron chi connectivity index (χ4n) is 1.14. The van der Waals surface area contributed by atoms with Crippen molar-refractivity contribution in [3.05, 3.63) is 40.9 Å². The molecule has 0 spiro atoms. The molecule has 0 aliphatic heterocycles. The second kappa shape index (κ2) is 3.80. The molecule has 0 amide bonds. The summed E-state index contributed by atoms with van der Waals surface area (Å²) in [4.78, 5) is 4.02. The predicted molar refractivity (Wildman–Crippen MR) is 56.9 cm³/mol. The van der Waals surface area contributed by atoms with E-state index in [1.165, 1.54) is 16.9 Å². The molecule has 0 bridgehead atoms. The van der Waals surface area contributed by atoms with Crippen LogP contribution < -0.4 is 4.74 Å². The molecule has 0 N–H and O–H groups in total. The van der Waals surface area contributed by atoms with Gasteiger partial charge in [-0.2, -0.15) is 0 Å². The second-order valence-electron chi connectivity index (χ2n) is 3.12. The van der Waals surface area contributed by atoms with E-state index in [-0.39, 0.29) is 0 Å². The Morgan fingerprint density at radius 2 is 2.21 bits per heavy atom. The first-order chi connectivity index (χ1) is 6.75. The summed E-state index contributed by atoms with van der Waals surface area (Å²) in [6.45, 7) is 4.06. The van der Waals surface area contributed by atoms with Gasteiger partial charge in [-0.05, 0) is 31.0 Å². The minimum absolute atomic E-state index is 0.638. The van der Waals surface area contributed by atoms with Crippen LogP contribution in [-0.2, 0) is 0 Å². The zero-order valence-corrected chi connectivity index (χ0v) is 8.89. The van der Waals surface area contributed by atoms with Crippen molar-refractivity contribution in [3.8, 4) is 10.9 Å². The monoisotopic (exact) mass is 204 g/mol. The van der Waals surface area contributed by atoms with Crippen LogP contribution in [0.2, 0.25) is 0 Å². The third-order valence-electron chi connectivity index (χ3n) is 1.91. The number of ether oxygens (including phenoxy) is 1. The maximum atomic E-state index is 5.61. The maximum Gasteiger partial charge on any atom is 0.279 e. The van der Waals surface area contributed by atoms with Gasteiger partial charge in [0.25, 0.3) is 5.19 Å². The van der Waals surface area contributed by atoms with Gasteiger partial charge >= 0.3 is 0 Å². The number of hydrogen-bond acceptors (Lipinski definition) is 3. The maximum absolute atomic E-state index is 5.61. The van der Waals surface area contributed by atoms with Crippen LogP contribution in [0.4, 0.5) is 0 Å². The Bertz CT molecular complexity index is 423. The van der Waals surface area contributed by atoms with E-state index in [1.807, 2.05) is 26.0 Å². The minimum atomic E-state index is 0.638. The summed E-state index contributed by atoms with van der Waals surface area (Å²) in [7, 11) is 0. The molecule has 1 aromatic heterocycles. The van der Waals surface area contributed by atoms with Crippen molar-refractivity contribution >= 4 is 11.3 Å². The Kier molecular flexibility index (Phi) is 2.50. The van der Waals surface area contributed by atoms with E-state index in [2.05, 4.69) is 16.4 Å². The van der Waals surface area contributed by atoms with Crippen molar-refractivity contribution in [2.45, 2.75) is 13.8 Å². The average Bonchev–Trinajstić information content (AvgIpc) is 2.64. The van der Waals surface area contributed by atoms with Crippen LogP contribution in [0.25, 0.3) is 0 Å². The van der Waals surface area contributed by atoms with Gasteiger partial charge in [-0.15, -0.1) is 0 Å². The quantitative estimate of drug-likeness (QED) is 0.748. The lowest BCUT2D eigenvalue weighted by Crippen LogP contribution is -1.87. The molecule has 0 fully saturated rings. The number of nitrogens with zero attached hydrogens (tertiary/aromatic N) is 1. The van der Waals surface area contributed by atoms with Crippen LogP contribution in [0.5, 0.6) is 10.9 Å². The third-order valence-corrected chi connectivity index (χ3v) is 2.50. The highest BCUT2D eigenvalue weighted by molar-refractivity contribution is 7.10. The van der Waals surface area contributed by atoms with Gasteiger partial charge in [0.1, 0.15) is 5.75 Å². The van der Waals surface area contributed by atoms with Gasteiger partial charge in [0.05, 0.1) is 11.6 Å². The predicted octanol–water partition coefficient (Wildman–Crippen LogP) is 3.35. The molecule has 71 valence electrons. The molecule has 2 rings (SSSR count). The molecule has 2 nitrogen and oxygen atoms in total. The topological polar surface area (TPSA) is 22.1 Å². The molecule has 0 saturated heterocycles. The number of aryl methyl sites for hydroxylation is 2. The second-order valence-corrected chi connectivity index (χ2v) is 3.90. The van der Waals surface area contributed by atoms with E-state index < -0.39 is 0 Å². The third kappa shape index (κ3) is 1.93.